The summed E-state index contributed by atoms with van der Waals surface area (Å²) < 4.78 is 44.0. The summed E-state index contributed by atoms with van der Waals surface area (Å²) in [7, 11) is -4.42. The summed E-state index contributed by atoms with van der Waals surface area (Å²) in [6.45, 7) is 3.23. The van der Waals surface area contributed by atoms with Crippen molar-refractivity contribution in [3.63, 3.8) is 0 Å². The van der Waals surface area contributed by atoms with Gasteiger partial charge in [0.2, 0.25) is 11.8 Å². The van der Waals surface area contributed by atoms with E-state index in [2.05, 4.69) is 5.32 Å². The maximum absolute atomic E-state index is 15.2. The molecule has 0 saturated carbocycles. The number of carbonyl (C=O) groups excluding carboxylic acids is 2. The fraction of sp³-hybridized carbons (Fsp3) is 0.235. The topological polar surface area (TPSA) is 86.8 Å². The van der Waals surface area contributed by atoms with Gasteiger partial charge in [0.25, 0.3) is 10.0 Å². The Morgan fingerprint density at radius 1 is 0.867 bits per heavy atom. The van der Waals surface area contributed by atoms with E-state index in [1.165, 1.54) is 35.2 Å². The summed E-state index contributed by atoms with van der Waals surface area (Å²) in [4.78, 5) is 29.3. The highest BCUT2D eigenvalue weighted by atomic mass is 35.5. The lowest BCUT2D eigenvalue weighted by Crippen LogP contribution is -2.53. The molecule has 4 aromatic carbocycles. The molecule has 0 heterocycles. The van der Waals surface area contributed by atoms with Crippen LogP contribution in [0.15, 0.2) is 102 Å². The van der Waals surface area contributed by atoms with Gasteiger partial charge in [0, 0.05) is 19.5 Å². The number of hydrogen-bond donors (Lipinski definition) is 1. The number of nitrogens with one attached hydrogen (secondary N) is 1. The zero-order chi connectivity index (χ0) is 32.6. The summed E-state index contributed by atoms with van der Waals surface area (Å²) in [5, 5.41) is 3.45. The van der Waals surface area contributed by atoms with Gasteiger partial charge in [-0.25, -0.2) is 12.8 Å². The smallest absolute Gasteiger partial charge is 0.264 e. The maximum atomic E-state index is 15.2. The van der Waals surface area contributed by atoms with Crippen LogP contribution in [0.2, 0.25) is 10.0 Å². The Morgan fingerprint density at radius 3 is 2.18 bits per heavy atom. The number of para-hydroxylation sites is 1. The van der Waals surface area contributed by atoms with E-state index in [9.17, 15) is 18.0 Å². The van der Waals surface area contributed by atoms with Gasteiger partial charge in [0.05, 0.1) is 20.6 Å². The van der Waals surface area contributed by atoms with Gasteiger partial charge in [-0.15, -0.1) is 0 Å². The number of benzene rings is 4. The SMILES string of the molecule is CCCNC(=O)C(Cc1ccccc1)N(Cc1ccc(Cl)c(Cl)c1)C(=O)CN(c1ccccc1F)S(=O)(=O)c1ccc(C)cc1. The Kier molecular flexibility index (Phi) is 11.6. The summed E-state index contributed by atoms with van der Waals surface area (Å²) in [5.41, 5.74) is 1.89. The first-order valence-corrected chi connectivity index (χ1v) is 16.6. The number of sulfonamides is 1. The van der Waals surface area contributed by atoms with Crippen LogP contribution in [0.5, 0.6) is 0 Å². The molecule has 4 aromatic rings. The number of carbonyl (C=O) groups is 2. The molecule has 7 nitrogen and oxygen atoms in total. The highest BCUT2D eigenvalue weighted by Gasteiger charge is 2.35. The Bertz CT molecular complexity index is 1740. The molecule has 0 aliphatic rings. The van der Waals surface area contributed by atoms with E-state index in [0.717, 1.165) is 21.5 Å². The van der Waals surface area contributed by atoms with Crippen molar-refractivity contribution >= 4 is 50.7 Å². The van der Waals surface area contributed by atoms with Crippen molar-refractivity contribution in [2.75, 3.05) is 17.4 Å². The van der Waals surface area contributed by atoms with Gasteiger partial charge in [0.1, 0.15) is 18.4 Å². The molecule has 0 radical (unpaired) electrons. The summed E-state index contributed by atoms with van der Waals surface area (Å²) in [5.74, 6) is -1.95. The molecule has 1 unspecified atom stereocenters. The second-order valence-corrected chi connectivity index (χ2v) is 13.2. The van der Waals surface area contributed by atoms with Gasteiger partial charge in [0.15, 0.2) is 0 Å². The summed E-state index contributed by atoms with van der Waals surface area (Å²) in [6.07, 6.45) is 0.814. The molecule has 1 atom stereocenters. The van der Waals surface area contributed by atoms with E-state index >= 15 is 4.39 Å². The Balaban J connectivity index is 1.82. The number of hydrogen-bond acceptors (Lipinski definition) is 4. The lowest BCUT2D eigenvalue weighted by Gasteiger charge is -2.34. The molecule has 0 aliphatic heterocycles. The van der Waals surface area contributed by atoms with Crippen molar-refractivity contribution in [2.24, 2.45) is 0 Å². The molecule has 1 N–H and O–H groups in total. The average molecular weight is 671 g/mol. The molecule has 45 heavy (non-hydrogen) atoms. The zero-order valence-corrected chi connectivity index (χ0v) is 27.2. The minimum Gasteiger partial charge on any atom is -0.354 e. The molecule has 4 rings (SSSR count). The first-order chi connectivity index (χ1) is 21.5. The lowest BCUT2D eigenvalue weighted by atomic mass is 10.0. The molecule has 0 saturated heterocycles. The van der Waals surface area contributed by atoms with Crippen molar-refractivity contribution in [1.82, 2.24) is 10.2 Å². The van der Waals surface area contributed by atoms with E-state index in [4.69, 9.17) is 23.2 Å². The molecule has 0 fully saturated rings. The Hall–Kier alpha value is -3.92. The van der Waals surface area contributed by atoms with E-state index in [1.807, 2.05) is 44.2 Å². The second-order valence-electron chi connectivity index (χ2n) is 10.5. The molecule has 0 aliphatic carbocycles. The van der Waals surface area contributed by atoms with Crippen molar-refractivity contribution < 1.29 is 22.4 Å². The molecule has 0 bridgehead atoms. The van der Waals surface area contributed by atoms with Gasteiger partial charge >= 0.3 is 0 Å². The monoisotopic (exact) mass is 669 g/mol. The molecule has 0 aromatic heterocycles. The zero-order valence-electron chi connectivity index (χ0n) is 24.9. The quantitative estimate of drug-likeness (QED) is 0.170. The van der Waals surface area contributed by atoms with Crippen LogP contribution in [-0.2, 0) is 32.6 Å². The highest BCUT2D eigenvalue weighted by Crippen LogP contribution is 2.28. The average Bonchev–Trinajstić information content (AvgIpc) is 3.03. The van der Waals surface area contributed by atoms with Crippen molar-refractivity contribution in [1.29, 1.82) is 0 Å². The summed E-state index contributed by atoms with van der Waals surface area (Å²) >= 11 is 12.4. The van der Waals surface area contributed by atoms with Crippen molar-refractivity contribution in [2.45, 2.75) is 44.2 Å². The van der Waals surface area contributed by atoms with Crippen LogP contribution in [0.1, 0.15) is 30.0 Å². The van der Waals surface area contributed by atoms with E-state index < -0.39 is 40.2 Å². The fourth-order valence-electron chi connectivity index (χ4n) is 4.76. The van der Waals surface area contributed by atoms with Gasteiger partial charge in [-0.1, -0.05) is 96.4 Å². The third-order valence-electron chi connectivity index (χ3n) is 7.17. The van der Waals surface area contributed by atoms with Crippen molar-refractivity contribution in [3.8, 4) is 0 Å². The third-order valence-corrected chi connectivity index (χ3v) is 9.68. The Morgan fingerprint density at radius 2 is 1.53 bits per heavy atom. The number of rotatable bonds is 13. The molecular formula is C34H34Cl2FN3O4S. The van der Waals surface area contributed by atoms with Crippen LogP contribution >= 0.6 is 23.2 Å². The van der Waals surface area contributed by atoms with Crippen LogP contribution in [0.25, 0.3) is 0 Å². The predicted molar refractivity (Wildman–Crippen MR) is 176 cm³/mol. The molecule has 236 valence electrons. The number of aryl methyl sites for hydroxylation is 1. The number of anilines is 1. The fourth-order valence-corrected chi connectivity index (χ4v) is 6.50. The Labute approximate surface area is 273 Å². The first-order valence-electron chi connectivity index (χ1n) is 14.4. The molecule has 11 heteroatoms. The minimum atomic E-state index is -4.42. The summed E-state index contributed by atoms with van der Waals surface area (Å²) in [6, 6.07) is 24.4. The van der Waals surface area contributed by atoms with E-state index in [1.54, 1.807) is 30.3 Å². The van der Waals surface area contributed by atoms with Crippen molar-refractivity contribution in [3.05, 3.63) is 130 Å². The van der Waals surface area contributed by atoms with Gasteiger partial charge in [-0.05, 0) is 60.9 Å². The molecule has 2 amide bonds. The van der Waals surface area contributed by atoms with E-state index in [-0.39, 0.29) is 28.6 Å². The van der Waals surface area contributed by atoms with Gasteiger partial charge < -0.3 is 10.2 Å². The molecule has 0 spiro atoms. The maximum Gasteiger partial charge on any atom is 0.264 e. The number of halogens is 3. The minimum absolute atomic E-state index is 0.0948. The van der Waals surface area contributed by atoms with Crippen LogP contribution in [0.4, 0.5) is 10.1 Å². The number of amides is 2. The van der Waals surface area contributed by atoms with Crippen LogP contribution in [0.3, 0.4) is 0 Å². The first kappa shape index (κ1) is 34.0. The van der Waals surface area contributed by atoms with Crippen LogP contribution < -0.4 is 9.62 Å². The molecular weight excluding hydrogens is 636 g/mol. The lowest BCUT2D eigenvalue weighted by molar-refractivity contribution is -0.140. The van der Waals surface area contributed by atoms with E-state index in [0.29, 0.717) is 23.6 Å². The van der Waals surface area contributed by atoms with Crippen LogP contribution in [-0.4, -0.2) is 44.3 Å². The third kappa shape index (κ3) is 8.63. The standard InChI is InChI=1S/C34H34Cl2FN3O4S/c1-3-19-38-34(42)32(21-25-9-5-4-6-10-25)39(22-26-15-18-28(35)29(36)20-26)33(41)23-40(31-12-8-7-11-30(31)37)45(43,44)27-16-13-24(2)14-17-27/h4-18,20,32H,3,19,21-23H2,1-2H3,(H,38,42). The largest absolute Gasteiger partial charge is 0.354 e. The van der Waals surface area contributed by atoms with Crippen LogP contribution in [0, 0.1) is 12.7 Å². The van der Waals surface area contributed by atoms with Gasteiger partial charge in [-0.2, -0.15) is 0 Å². The highest BCUT2D eigenvalue weighted by molar-refractivity contribution is 7.92. The van der Waals surface area contributed by atoms with Gasteiger partial charge in [-0.3, -0.25) is 13.9 Å². The number of nitrogens with zero attached hydrogens (tertiary/aromatic N) is 2. The predicted octanol–water partition coefficient (Wildman–Crippen LogP) is 6.80. The second kappa shape index (κ2) is 15.4. The normalized spacial score (nSPS) is 11.9.